The molecule has 1 aromatic rings. The largest absolute Gasteiger partial charge is 0.480 e. The van der Waals surface area contributed by atoms with E-state index in [9.17, 15) is 24.3 Å². The maximum Gasteiger partial charge on any atom is 0.326 e. The van der Waals surface area contributed by atoms with Gasteiger partial charge in [0.2, 0.25) is 17.7 Å². The van der Waals surface area contributed by atoms with E-state index in [4.69, 9.17) is 17.2 Å². The van der Waals surface area contributed by atoms with Crippen LogP contribution in [-0.2, 0) is 25.6 Å². The van der Waals surface area contributed by atoms with Gasteiger partial charge in [0.1, 0.15) is 18.1 Å². The number of thiol groups is 1. The number of hydrogen-bond acceptors (Lipinski definition) is 7. The summed E-state index contributed by atoms with van der Waals surface area (Å²) in [6.07, 6.45) is 0.726. The molecule has 0 aliphatic heterocycles. The fourth-order valence-electron chi connectivity index (χ4n) is 3.25. The number of hydrogen-bond donors (Lipinski definition) is 8. The zero-order valence-electron chi connectivity index (χ0n) is 20.5. The SMILES string of the molecule is CC(C)C(NC(=O)C(CCCN=C(N)N)NC(=O)C(CS)NC(=O)C(N)Cc1ccccc1)C(=O)O. The third kappa shape index (κ3) is 11.0. The number of nitrogens with two attached hydrogens (primary N) is 3. The smallest absolute Gasteiger partial charge is 0.326 e. The molecule has 36 heavy (non-hydrogen) atoms. The van der Waals surface area contributed by atoms with E-state index in [1.807, 2.05) is 30.3 Å². The minimum atomic E-state index is -1.20. The van der Waals surface area contributed by atoms with E-state index in [2.05, 4.69) is 33.6 Å². The molecule has 4 unspecified atom stereocenters. The van der Waals surface area contributed by atoms with Crippen LogP contribution in [0.3, 0.4) is 0 Å². The molecule has 0 aromatic heterocycles. The minimum Gasteiger partial charge on any atom is -0.480 e. The number of carbonyl (C=O) groups excluding carboxylic acids is 3. The standard InChI is InChI=1S/C23H37N7O5S/c1-13(2)18(22(34)35)30-20(32)16(9-6-10-27-23(25)26)28-21(33)17(12-36)29-19(31)15(24)11-14-7-4-3-5-8-14/h3-5,7-8,13,15-18,36H,6,9-12,24H2,1-2H3,(H,28,33)(H,29,31)(H,30,32)(H,34,35)(H4,25,26,27). The number of amides is 3. The molecule has 1 aromatic carbocycles. The summed E-state index contributed by atoms with van der Waals surface area (Å²) in [5.74, 6) is -3.65. The Morgan fingerprint density at radius 1 is 0.972 bits per heavy atom. The Hall–Kier alpha value is -3.32. The molecule has 0 heterocycles. The lowest BCUT2D eigenvalue weighted by molar-refractivity contribution is -0.143. The molecule has 0 spiro atoms. The van der Waals surface area contributed by atoms with Crippen LogP contribution in [0, 0.1) is 5.92 Å². The van der Waals surface area contributed by atoms with Crippen molar-refractivity contribution in [1.29, 1.82) is 0 Å². The highest BCUT2D eigenvalue weighted by Crippen LogP contribution is 2.06. The van der Waals surface area contributed by atoms with E-state index in [-0.39, 0.29) is 37.0 Å². The first-order chi connectivity index (χ1) is 17.0. The minimum absolute atomic E-state index is 0.0539. The van der Waals surface area contributed by atoms with Crippen LogP contribution >= 0.6 is 12.6 Å². The molecular weight excluding hydrogens is 486 g/mol. The van der Waals surface area contributed by atoms with Gasteiger partial charge in [0.05, 0.1) is 6.04 Å². The number of aliphatic carboxylic acids is 1. The van der Waals surface area contributed by atoms with Crippen LogP contribution in [0.15, 0.2) is 35.3 Å². The average Bonchev–Trinajstić information content (AvgIpc) is 2.82. The summed E-state index contributed by atoms with van der Waals surface area (Å²) in [5.41, 5.74) is 17.5. The predicted molar refractivity (Wildman–Crippen MR) is 140 cm³/mol. The highest BCUT2D eigenvalue weighted by molar-refractivity contribution is 7.80. The van der Waals surface area contributed by atoms with Gasteiger partial charge >= 0.3 is 5.97 Å². The van der Waals surface area contributed by atoms with E-state index in [0.29, 0.717) is 6.42 Å². The summed E-state index contributed by atoms with van der Waals surface area (Å²) >= 11 is 4.15. The van der Waals surface area contributed by atoms with Crippen LogP contribution in [0.5, 0.6) is 0 Å². The summed E-state index contributed by atoms with van der Waals surface area (Å²) in [4.78, 5) is 53.7. The molecule has 0 saturated carbocycles. The summed E-state index contributed by atoms with van der Waals surface area (Å²) < 4.78 is 0. The van der Waals surface area contributed by atoms with E-state index < -0.39 is 47.9 Å². The van der Waals surface area contributed by atoms with Crippen molar-refractivity contribution in [2.75, 3.05) is 12.3 Å². The molecule has 4 atom stereocenters. The van der Waals surface area contributed by atoms with Gasteiger partial charge in [0.15, 0.2) is 5.96 Å². The number of carboxylic acid groups (broad SMARTS) is 1. The summed E-state index contributed by atoms with van der Waals surface area (Å²) in [6, 6.07) is 4.97. The lowest BCUT2D eigenvalue weighted by Crippen LogP contribution is -2.58. The topological polar surface area (TPSA) is 215 Å². The van der Waals surface area contributed by atoms with Crippen molar-refractivity contribution in [3.63, 3.8) is 0 Å². The Labute approximate surface area is 216 Å². The van der Waals surface area contributed by atoms with E-state index >= 15 is 0 Å². The maximum atomic E-state index is 12.9. The van der Waals surface area contributed by atoms with Gasteiger partial charge in [-0.05, 0) is 30.7 Å². The highest BCUT2D eigenvalue weighted by Gasteiger charge is 2.30. The first kappa shape index (κ1) is 30.7. The van der Waals surface area contributed by atoms with Crippen molar-refractivity contribution in [2.45, 2.75) is 57.3 Å². The second-order valence-corrected chi connectivity index (χ2v) is 8.98. The molecule has 10 N–H and O–H groups in total. The summed E-state index contributed by atoms with van der Waals surface area (Å²) in [5, 5.41) is 17.0. The highest BCUT2D eigenvalue weighted by atomic mass is 32.1. The summed E-state index contributed by atoms with van der Waals surface area (Å²) in [7, 11) is 0. The van der Waals surface area contributed by atoms with Crippen molar-refractivity contribution in [3.8, 4) is 0 Å². The second kappa shape index (κ2) is 15.6. The Bertz CT molecular complexity index is 909. The average molecular weight is 524 g/mol. The van der Waals surface area contributed by atoms with Crippen molar-refractivity contribution < 1.29 is 24.3 Å². The molecule has 200 valence electrons. The Morgan fingerprint density at radius 3 is 2.08 bits per heavy atom. The lowest BCUT2D eigenvalue weighted by atomic mass is 10.0. The number of carboxylic acids is 1. The van der Waals surface area contributed by atoms with Crippen molar-refractivity contribution in [1.82, 2.24) is 16.0 Å². The molecule has 13 heteroatoms. The summed E-state index contributed by atoms with van der Waals surface area (Å²) in [6.45, 7) is 3.50. The molecule has 0 aliphatic rings. The van der Waals surface area contributed by atoms with Gasteiger partial charge in [-0.1, -0.05) is 44.2 Å². The van der Waals surface area contributed by atoms with Gasteiger partial charge in [-0.2, -0.15) is 12.6 Å². The molecule has 3 amide bonds. The van der Waals surface area contributed by atoms with Crippen LogP contribution in [0.25, 0.3) is 0 Å². The number of guanidine groups is 1. The molecule has 0 aliphatic carbocycles. The first-order valence-corrected chi connectivity index (χ1v) is 12.2. The Balaban J connectivity index is 2.88. The van der Waals surface area contributed by atoms with Crippen LogP contribution in [0.1, 0.15) is 32.3 Å². The quantitative estimate of drug-likeness (QED) is 0.0599. The van der Waals surface area contributed by atoms with Crippen LogP contribution in [-0.4, -0.2) is 71.2 Å². The number of aliphatic imine (C=N–C) groups is 1. The first-order valence-electron chi connectivity index (χ1n) is 11.6. The maximum absolute atomic E-state index is 12.9. The van der Waals surface area contributed by atoms with Crippen LogP contribution in [0.2, 0.25) is 0 Å². The normalized spacial score (nSPS) is 14.1. The molecule has 0 saturated heterocycles. The molecular formula is C23H37N7O5S. The Kier molecular flexibility index (Phi) is 13.3. The fourth-order valence-corrected chi connectivity index (χ4v) is 3.50. The van der Waals surface area contributed by atoms with Crippen LogP contribution in [0.4, 0.5) is 0 Å². The molecule has 0 fully saturated rings. The fraction of sp³-hybridized carbons (Fsp3) is 0.522. The number of benzene rings is 1. The van der Waals surface area contributed by atoms with Gasteiger partial charge < -0.3 is 38.3 Å². The van der Waals surface area contributed by atoms with Crippen molar-refractivity contribution in [3.05, 3.63) is 35.9 Å². The Morgan fingerprint density at radius 2 is 1.56 bits per heavy atom. The monoisotopic (exact) mass is 523 g/mol. The van der Waals surface area contributed by atoms with E-state index in [0.717, 1.165) is 5.56 Å². The zero-order chi connectivity index (χ0) is 27.3. The van der Waals surface area contributed by atoms with Crippen LogP contribution < -0.4 is 33.2 Å². The molecule has 0 radical (unpaired) electrons. The van der Waals surface area contributed by atoms with Crippen molar-refractivity contribution >= 4 is 42.3 Å². The third-order valence-corrected chi connectivity index (χ3v) is 5.62. The number of rotatable bonds is 15. The molecule has 12 nitrogen and oxygen atoms in total. The number of nitrogens with one attached hydrogen (secondary N) is 3. The number of nitrogens with zero attached hydrogens (tertiary/aromatic N) is 1. The van der Waals surface area contributed by atoms with Gasteiger partial charge in [-0.15, -0.1) is 0 Å². The van der Waals surface area contributed by atoms with Gasteiger partial charge in [-0.25, -0.2) is 4.79 Å². The van der Waals surface area contributed by atoms with Crippen molar-refractivity contribution in [2.24, 2.45) is 28.1 Å². The third-order valence-electron chi connectivity index (χ3n) is 5.26. The van der Waals surface area contributed by atoms with E-state index in [1.165, 1.54) is 0 Å². The lowest BCUT2D eigenvalue weighted by Gasteiger charge is -2.25. The predicted octanol–water partition coefficient (Wildman–Crippen LogP) is -1.27. The van der Waals surface area contributed by atoms with Gasteiger partial charge in [-0.3, -0.25) is 19.4 Å². The van der Waals surface area contributed by atoms with Gasteiger partial charge in [0.25, 0.3) is 0 Å². The molecule has 1 rings (SSSR count). The second-order valence-electron chi connectivity index (χ2n) is 8.62. The van der Waals surface area contributed by atoms with Gasteiger partial charge in [0, 0.05) is 12.3 Å². The number of carbonyl (C=O) groups is 4. The molecule has 0 bridgehead atoms. The van der Waals surface area contributed by atoms with E-state index in [1.54, 1.807) is 13.8 Å². The zero-order valence-corrected chi connectivity index (χ0v) is 21.4.